The molecule has 6 nitrogen and oxygen atoms in total. The zero-order chi connectivity index (χ0) is 26.4. The van der Waals surface area contributed by atoms with Gasteiger partial charge in [-0.2, -0.15) is 23.4 Å². The van der Waals surface area contributed by atoms with Gasteiger partial charge in [-0.1, -0.05) is 35.1 Å². The first-order valence-corrected chi connectivity index (χ1v) is 12.7. The molecule has 5 rings (SSSR count). The van der Waals surface area contributed by atoms with Gasteiger partial charge in [-0.25, -0.2) is 4.39 Å². The van der Waals surface area contributed by atoms with E-state index in [-0.39, 0.29) is 46.8 Å². The maximum Gasteiger partial charge on any atom is 0.416 e. The standard InChI is InChI=1S/C25H21ClF4N4O2S/c26-17-3-1-15(19(11-17)25(28,29)30)10-18(14-2-4-20-16(9-14)12-32-33-20)21-22(35)34(23(36)37-21)13-24(27)5-7-31-8-6-24/h1-4,9,11-12,31,35H,5-8,10,13H2. The van der Waals surface area contributed by atoms with Crippen LogP contribution in [0.4, 0.5) is 17.6 Å². The Bertz CT molecular complexity index is 1570. The van der Waals surface area contributed by atoms with Crippen molar-refractivity contribution in [3.63, 3.8) is 0 Å². The molecular formula is C25H21ClF4N4O2S. The molecule has 0 atom stereocenters. The number of aromatic nitrogens is 1. The lowest BCUT2D eigenvalue weighted by Crippen LogP contribution is -2.42. The van der Waals surface area contributed by atoms with Crippen molar-refractivity contribution in [1.82, 2.24) is 9.88 Å². The molecular weight excluding hydrogens is 532 g/mol. The van der Waals surface area contributed by atoms with Gasteiger partial charge in [0.25, 0.3) is 0 Å². The van der Waals surface area contributed by atoms with Crippen molar-refractivity contribution in [2.24, 2.45) is 10.2 Å². The molecule has 2 N–H and O–H groups in total. The minimum atomic E-state index is -4.68. The summed E-state index contributed by atoms with van der Waals surface area (Å²) >= 11 is 6.53. The van der Waals surface area contributed by atoms with Crippen LogP contribution in [0.2, 0.25) is 5.02 Å². The number of hydrogen-bond donors (Lipinski definition) is 2. The number of nitrogens with one attached hydrogen (secondary N) is 1. The largest absolute Gasteiger partial charge is 0.493 e. The van der Waals surface area contributed by atoms with Crippen molar-refractivity contribution < 1.29 is 22.7 Å². The molecule has 2 aliphatic heterocycles. The van der Waals surface area contributed by atoms with Gasteiger partial charge in [-0.05, 0) is 66.6 Å². The Balaban J connectivity index is 1.67. The van der Waals surface area contributed by atoms with Crippen LogP contribution in [0.3, 0.4) is 0 Å². The van der Waals surface area contributed by atoms with Crippen LogP contribution in [0, 0.1) is 0 Å². The molecule has 12 heteroatoms. The molecule has 1 aromatic heterocycles. The molecule has 2 aromatic carbocycles. The highest BCUT2D eigenvalue weighted by molar-refractivity contribution is 7.10. The van der Waals surface area contributed by atoms with Crippen LogP contribution in [0.25, 0.3) is 5.57 Å². The molecule has 0 spiro atoms. The summed E-state index contributed by atoms with van der Waals surface area (Å²) in [5.74, 6) is -0.470. The molecule has 0 saturated carbocycles. The van der Waals surface area contributed by atoms with E-state index in [0.717, 1.165) is 10.6 Å². The summed E-state index contributed by atoms with van der Waals surface area (Å²) in [6.45, 7) is 0.547. The fourth-order valence-electron chi connectivity index (χ4n) is 4.61. The topological polar surface area (TPSA) is 79.0 Å². The second-order valence-corrected chi connectivity index (χ2v) is 10.5. The molecule has 37 heavy (non-hydrogen) atoms. The van der Waals surface area contributed by atoms with E-state index in [1.165, 1.54) is 18.3 Å². The summed E-state index contributed by atoms with van der Waals surface area (Å²) < 4.78 is 58.0. The van der Waals surface area contributed by atoms with E-state index in [1.807, 2.05) is 0 Å². The van der Waals surface area contributed by atoms with Crippen molar-refractivity contribution in [3.05, 3.63) is 83.2 Å². The van der Waals surface area contributed by atoms with E-state index in [4.69, 9.17) is 11.6 Å². The summed E-state index contributed by atoms with van der Waals surface area (Å²) in [6.07, 6.45) is -3.08. The molecule has 3 heterocycles. The van der Waals surface area contributed by atoms with Crippen LogP contribution in [0.15, 0.2) is 51.4 Å². The van der Waals surface area contributed by atoms with Gasteiger partial charge in [-0.3, -0.25) is 9.36 Å². The summed E-state index contributed by atoms with van der Waals surface area (Å²) in [5.41, 5.74) is -1.76. The minimum Gasteiger partial charge on any atom is -0.493 e. The number of piperidine rings is 1. The molecule has 0 amide bonds. The third-order valence-electron chi connectivity index (χ3n) is 6.57. The summed E-state index contributed by atoms with van der Waals surface area (Å²) in [5, 5.41) is 23.0. The van der Waals surface area contributed by atoms with Crippen LogP contribution < -0.4 is 20.8 Å². The van der Waals surface area contributed by atoms with E-state index >= 15 is 4.39 Å². The van der Waals surface area contributed by atoms with Crippen LogP contribution >= 0.6 is 22.9 Å². The SMILES string of the molecule is O=c1sc(C(Cc2ccc(Cl)cc2C(F)(F)F)=c2ccc3c(c2)C=NN=3)c(O)n1CC1(F)CCNCC1. The minimum absolute atomic E-state index is 0.0677. The van der Waals surface area contributed by atoms with Crippen molar-refractivity contribution in [2.45, 2.75) is 37.7 Å². The first-order chi connectivity index (χ1) is 17.5. The maximum atomic E-state index is 15.4. The number of rotatable bonds is 5. The van der Waals surface area contributed by atoms with Crippen molar-refractivity contribution in [2.75, 3.05) is 13.1 Å². The molecule has 2 aliphatic rings. The number of alkyl halides is 4. The van der Waals surface area contributed by atoms with E-state index < -0.39 is 28.2 Å². The molecule has 1 fully saturated rings. The quantitative estimate of drug-likeness (QED) is 0.473. The number of nitrogens with zero attached hydrogens (tertiary/aromatic N) is 3. The summed E-state index contributed by atoms with van der Waals surface area (Å²) in [7, 11) is 0. The van der Waals surface area contributed by atoms with Crippen molar-refractivity contribution >= 4 is 34.7 Å². The van der Waals surface area contributed by atoms with Gasteiger partial charge in [-0.15, -0.1) is 0 Å². The predicted octanol–water partition coefficient (Wildman–Crippen LogP) is 3.79. The highest BCUT2D eigenvalue weighted by Gasteiger charge is 2.36. The lowest BCUT2D eigenvalue weighted by atomic mass is 9.94. The lowest BCUT2D eigenvalue weighted by Gasteiger charge is -2.30. The van der Waals surface area contributed by atoms with Gasteiger partial charge in [0.1, 0.15) is 5.67 Å². The summed E-state index contributed by atoms with van der Waals surface area (Å²) in [4.78, 5) is 12.4. The first kappa shape index (κ1) is 25.6. The van der Waals surface area contributed by atoms with Gasteiger partial charge in [0.05, 0.1) is 28.6 Å². The van der Waals surface area contributed by atoms with Gasteiger partial charge < -0.3 is 10.4 Å². The summed E-state index contributed by atoms with van der Waals surface area (Å²) in [6, 6.07) is 8.47. The average Bonchev–Trinajstić information content (AvgIpc) is 3.42. The van der Waals surface area contributed by atoms with E-state index in [2.05, 4.69) is 15.5 Å². The molecule has 1 saturated heterocycles. The number of halogens is 5. The first-order valence-electron chi connectivity index (χ1n) is 11.5. The zero-order valence-electron chi connectivity index (χ0n) is 19.3. The second kappa shape index (κ2) is 9.70. The Labute approximate surface area is 217 Å². The fourth-order valence-corrected chi connectivity index (χ4v) is 5.73. The number of thiazole rings is 1. The molecule has 3 aromatic rings. The van der Waals surface area contributed by atoms with Crippen molar-refractivity contribution in [3.8, 4) is 5.88 Å². The van der Waals surface area contributed by atoms with E-state index in [0.29, 0.717) is 40.6 Å². The van der Waals surface area contributed by atoms with Crippen LogP contribution in [0.5, 0.6) is 5.88 Å². The highest BCUT2D eigenvalue weighted by Crippen LogP contribution is 2.37. The molecule has 194 valence electrons. The normalized spacial score (nSPS) is 17.4. The molecule has 0 bridgehead atoms. The van der Waals surface area contributed by atoms with E-state index in [1.54, 1.807) is 18.2 Å². The number of hydrogen-bond acceptors (Lipinski definition) is 6. The fraction of sp³-hybridized carbons (Fsp3) is 0.320. The number of fused-ring (bicyclic) bond motifs is 1. The molecule has 0 aliphatic carbocycles. The Morgan fingerprint density at radius 3 is 2.68 bits per heavy atom. The second-order valence-electron chi connectivity index (χ2n) is 9.08. The zero-order valence-corrected chi connectivity index (χ0v) is 20.9. The number of benzene rings is 2. The van der Waals surface area contributed by atoms with Crippen molar-refractivity contribution in [1.29, 1.82) is 0 Å². The Morgan fingerprint density at radius 1 is 1.19 bits per heavy atom. The average molecular weight is 553 g/mol. The Morgan fingerprint density at radius 2 is 1.95 bits per heavy atom. The monoisotopic (exact) mass is 552 g/mol. The highest BCUT2D eigenvalue weighted by atomic mass is 35.5. The molecule has 0 unspecified atom stereocenters. The van der Waals surface area contributed by atoms with Gasteiger partial charge >= 0.3 is 11.0 Å². The molecule has 0 radical (unpaired) electrons. The predicted molar refractivity (Wildman–Crippen MR) is 134 cm³/mol. The van der Waals surface area contributed by atoms with Gasteiger partial charge in [0, 0.05) is 17.0 Å². The third kappa shape index (κ3) is 5.21. The van der Waals surface area contributed by atoms with Gasteiger partial charge in [0.2, 0.25) is 5.88 Å². The lowest BCUT2D eigenvalue weighted by molar-refractivity contribution is -0.138. The number of aromatic hydroxyl groups is 1. The third-order valence-corrected chi connectivity index (χ3v) is 7.83. The van der Waals surface area contributed by atoms with Gasteiger partial charge in [0.15, 0.2) is 0 Å². The Kier molecular flexibility index (Phi) is 6.71. The smallest absolute Gasteiger partial charge is 0.416 e. The van der Waals surface area contributed by atoms with Crippen LogP contribution in [0.1, 0.15) is 34.4 Å². The van der Waals surface area contributed by atoms with E-state index in [9.17, 15) is 23.1 Å². The maximum absolute atomic E-state index is 15.4. The Hall–Kier alpha value is -3.02. The van der Waals surface area contributed by atoms with Crippen LogP contribution in [-0.2, 0) is 19.1 Å². The van der Waals surface area contributed by atoms with Crippen LogP contribution in [-0.4, -0.2) is 34.6 Å².